The molecule has 0 aliphatic carbocycles. The Morgan fingerprint density at radius 3 is 2.13 bits per heavy atom. The van der Waals surface area contributed by atoms with Crippen LogP contribution in [-0.2, 0) is 9.59 Å². The quantitative estimate of drug-likeness (QED) is 0.450. The van der Waals surface area contributed by atoms with Crippen molar-refractivity contribution in [2.75, 3.05) is 10.6 Å². The molecule has 0 spiro atoms. The zero-order valence-corrected chi connectivity index (χ0v) is 18.1. The van der Waals surface area contributed by atoms with Crippen molar-refractivity contribution in [2.45, 2.75) is 45.2 Å². The van der Waals surface area contributed by atoms with E-state index < -0.39 is 28.8 Å². The van der Waals surface area contributed by atoms with E-state index in [-0.39, 0.29) is 22.2 Å². The molecule has 10 nitrogen and oxygen atoms in total. The fourth-order valence-electron chi connectivity index (χ4n) is 1.68. The van der Waals surface area contributed by atoms with E-state index >= 15 is 0 Å². The maximum Gasteiger partial charge on any atom is 0.329 e. The lowest BCUT2D eigenvalue weighted by molar-refractivity contribution is -0.142. The summed E-state index contributed by atoms with van der Waals surface area (Å²) in [6.07, 6.45) is 2.75. The average molecular weight is 463 g/mol. The van der Waals surface area contributed by atoms with Crippen LogP contribution in [0.5, 0.6) is 0 Å². The maximum atomic E-state index is 12.7. The lowest BCUT2D eigenvalue weighted by Gasteiger charge is -2.24. The number of nitrogens with one attached hydrogen (secondary N) is 2. The van der Waals surface area contributed by atoms with E-state index in [1.807, 2.05) is 0 Å². The number of aromatic nitrogens is 4. The first-order valence-electron chi connectivity index (χ1n) is 8.50. The van der Waals surface area contributed by atoms with Gasteiger partial charge in [-0.2, -0.15) is 4.98 Å². The average Bonchev–Trinajstić information content (AvgIpc) is 2.64. The van der Waals surface area contributed by atoms with E-state index in [1.54, 1.807) is 13.8 Å². The highest BCUT2D eigenvalue weighted by atomic mass is 35.5. The van der Waals surface area contributed by atoms with Gasteiger partial charge < -0.3 is 20.8 Å². The van der Waals surface area contributed by atoms with Crippen LogP contribution in [0.4, 0.5) is 16.3 Å². The number of aliphatic carboxylic acids is 2. The Morgan fingerprint density at radius 1 is 1.07 bits per heavy atom. The minimum absolute atomic E-state index is 0.0335. The molecule has 30 heavy (non-hydrogen) atoms. The summed E-state index contributed by atoms with van der Waals surface area (Å²) < 4.78 is 12.7. The summed E-state index contributed by atoms with van der Waals surface area (Å²) in [6, 6.07) is 1.52. The molecular weight excluding hydrogens is 442 g/mol. The van der Waals surface area contributed by atoms with E-state index in [4.69, 9.17) is 33.4 Å². The number of hydrogen-bond donors (Lipinski definition) is 4. The molecule has 0 aliphatic rings. The molecular formula is C17H21Cl2FN6O4. The SMILES string of the molecule is CC(C)(Nc1ncc(F)c(Cl)n1)C(=O)O.CC[C@@](C)(Nc1nccc(Cl)n1)C(=O)O. The second-order valence-electron chi connectivity index (χ2n) is 6.71. The minimum atomic E-state index is -1.25. The number of carboxylic acid groups (broad SMARTS) is 2. The molecule has 0 saturated carbocycles. The van der Waals surface area contributed by atoms with Gasteiger partial charge in [0.2, 0.25) is 11.9 Å². The molecule has 2 rings (SSSR count). The summed E-state index contributed by atoms with van der Waals surface area (Å²) in [5.74, 6) is -2.60. The van der Waals surface area contributed by atoms with Crippen molar-refractivity contribution in [2.24, 2.45) is 0 Å². The van der Waals surface area contributed by atoms with Gasteiger partial charge in [-0.25, -0.2) is 28.9 Å². The number of nitrogens with zero attached hydrogens (tertiary/aromatic N) is 4. The van der Waals surface area contributed by atoms with Gasteiger partial charge in [-0.05, 0) is 33.3 Å². The zero-order chi connectivity index (χ0) is 23.1. The molecule has 0 aromatic carbocycles. The van der Waals surface area contributed by atoms with Crippen molar-refractivity contribution < 1.29 is 24.2 Å². The number of hydrogen-bond acceptors (Lipinski definition) is 8. The third kappa shape index (κ3) is 7.23. The minimum Gasteiger partial charge on any atom is -0.480 e. The van der Waals surface area contributed by atoms with Crippen LogP contribution in [0.15, 0.2) is 18.5 Å². The standard InChI is InChI=1S/C9H12ClN3O2.C8H9ClFN3O2/c1-3-9(2,7(14)15)13-8-11-5-4-6(10)12-8;1-8(2,6(14)15)13-7-11-3-4(10)5(9)12-7/h4-5H,3H2,1-2H3,(H,14,15)(H,11,12,13);3H,1-2H3,(H,14,15)(H,11,12,13)/t9-;/m1./s1. The zero-order valence-electron chi connectivity index (χ0n) is 16.6. The van der Waals surface area contributed by atoms with Gasteiger partial charge in [0.05, 0.1) is 6.20 Å². The van der Waals surface area contributed by atoms with Crippen molar-refractivity contribution in [3.63, 3.8) is 0 Å². The molecule has 2 heterocycles. The topological polar surface area (TPSA) is 150 Å². The van der Waals surface area contributed by atoms with Crippen molar-refractivity contribution in [1.82, 2.24) is 19.9 Å². The van der Waals surface area contributed by atoms with Crippen LogP contribution in [0, 0.1) is 5.82 Å². The second kappa shape index (κ2) is 10.3. The van der Waals surface area contributed by atoms with Crippen molar-refractivity contribution >= 4 is 47.0 Å². The predicted octanol–water partition coefficient (Wildman–Crippen LogP) is 3.34. The smallest absolute Gasteiger partial charge is 0.329 e. The third-order valence-electron chi connectivity index (χ3n) is 3.85. The van der Waals surface area contributed by atoms with Crippen LogP contribution in [0.3, 0.4) is 0 Å². The summed E-state index contributed by atoms with van der Waals surface area (Å²) in [6.45, 7) is 6.19. The third-order valence-corrected chi connectivity index (χ3v) is 4.32. The van der Waals surface area contributed by atoms with Gasteiger partial charge >= 0.3 is 11.9 Å². The van der Waals surface area contributed by atoms with E-state index in [0.29, 0.717) is 6.42 Å². The number of carboxylic acids is 2. The first kappa shape index (κ1) is 25.2. The lowest BCUT2D eigenvalue weighted by Crippen LogP contribution is -2.43. The van der Waals surface area contributed by atoms with Gasteiger partial charge in [-0.1, -0.05) is 30.1 Å². The van der Waals surface area contributed by atoms with Gasteiger partial charge in [-0.3, -0.25) is 0 Å². The van der Waals surface area contributed by atoms with Crippen molar-refractivity contribution in [3.05, 3.63) is 34.6 Å². The molecule has 4 N–H and O–H groups in total. The first-order valence-corrected chi connectivity index (χ1v) is 9.26. The fourth-order valence-corrected chi connectivity index (χ4v) is 1.94. The molecule has 2 aromatic heterocycles. The number of rotatable bonds is 7. The van der Waals surface area contributed by atoms with Gasteiger partial charge in [0.25, 0.3) is 0 Å². The highest BCUT2D eigenvalue weighted by molar-refractivity contribution is 6.29. The fraction of sp³-hybridized carbons (Fsp3) is 0.412. The van der Waals surface area contributed by atoms with E-state index in [9.17, 15) is 14.0 Å². The van der Waals surface area contributed by atoms with Gasteiger partial charge in [0, 0.05) is 6.20 Å². The van der Waals surface area contributed by atoms with E-state index in [2.05, 4.69) is 30.6 Å². The summed E-state index contributed by atoms with van der Waals surface area (Å²) in [5, 5.41) is 23.0. The van der Waals surface area contributed by atoms with Crippen LogP contribution in [0.25, 0.3) is 0 Å². The molecule has 2 aromatic rings. The summed E-state index contributed by atoms with van der Waals surface area (Å²) in [5.41, 5.74) is -2.33. The molecule has 0 radical (unpaired) electrons. The molecule has 0 bridgehead atoms. The largest absolute Gasteiger partial charge is 0.480 e. The van der Waals surface area contributed by atoms with E-state index in [0.717, 1.165) is 6.20 Å². The molecule has 0 fully saturated rings. The molecule has 0 unspecified atom stereocenters. The monoisotopic (exact) mass is 462 g/mol. The molecule has 1 atom stereocenters. The first-order chi connectivity index (χ1) is 13.8. The summed E-state index contributed by atoms with van der Waals surface area (Å²) in [4.78, 5) is 36.6. The molecule has 0 amide bonds. The Labute approximate surface area is 181 Å². The molecule has 164 valence electrons. The summed E-state index contributed by atoms with van der Waals surface area (Å²) >= 11 is 11.1. The second-order valence-corrected chi connectivity index (χ2v) is 7.45. The van der Waals surface area contributed by atoms with E-state index in [1.165, 1.54) is 26.1 Å². The highest BCUT2D eigenvalue weighted by Gasteiger charge is 2.31. The van der Waals surface area contributed by atoms with Crippen LogP contribution >= 0.6 is 23.2 Å². The maximum absolute atomic E-state index is 12.7. The van der Waals surface area contributed by atoms with Gasteiger partial charge in [0.1, 0.15) is 16.2 Å². The van der Waals surface area contributed by atoms with Crippen LogP contribution in [0.2, 0.25) is 10.3 Å². The number of anilines is 2. The van der Waals surface area contributed by atoms with Crippen molar-refractivity contribution in [3.8, 4) is 0 Å². The number of carbonyl (C=O) groups is 2. The summed E-state index contributed by atoms with van der Waals surface area (Å²) in [7, 11) is 0. The number of halogens is 3. The Hall–Kier alpha value is -2.79. The Kier molecular flexibility index (Phi) is 8.67. The lowest BCUT2D eigenvalue weighted by atomic mass is 10.00. The van der Waals surface area contributed by atoms with Crippen LogP contribution < -0.4 is 10.6 Å². The Balaban J connectivity index is 0.000000300. The van der Waals surface area contributed by atoms with Crippen LogP contribution in [-0.4, -0.2) is 53.2 Å². The highest BCUT2D eigenvalue weighted by Crippen LogP contribution is 2.17. The van der Waals surface area contributed by atoms with Crippen LogP contribution in [0.1, 0.15) is 34.1 Å². The normalized spacial score (nSPS) is 12.8. The predicted molar refractivity (Wildman–Crippen MR) is 109 cm³/mol. The molecule has 13 heteroatoms. The molecule has 0 aliphatic heterocycles. The Morgan fingerprint density at radius 2 is 1.67 bits per heavy atom. The molecule has 0 saturated heterocycles. The van der Waals surface area contributed by atoms with Crippen molar-refractivity contribution in [1.29, 1.82) is 0 Å². The van der Waals surface area contributed by atoms with Gasteiger partial charge in [-0.15, -0.1) is 0 Å². The van der Waals surface area contributed by atoms with Gasteiger partial charge in [0.15, 0.2) is 11.0 Å². The Bertz CT molecular complexity index is 918.